The van der Waals surface area contributed by atoms with Crippen LogP contribution >= 0.6 is 0 Å². The third kappa shape index (κ3) is 2.88. The maximum Gasteiger partial charge on any atom is 0.185 e. The topological polar surface area (TPSA) is 39.2 Å². The number of para-hydroxylation sites is 1. The van der Waals surface area contributed by atoms with Crippen molar-refractivity contribution in [2.75, 3.05) is 7.11 Å². The lowest BCUT2D eigenvalue weighted by atomic mass is 10.1. The quantitative estimate of drug-likeness (QED) is 0.535. The second kappa shape index (κ2) is 6.22. The molecule has 0 aliphatic heterocycles. The van der Waals surface area contributed by atoms with Crippen molar-refractivity contribution in [3.05, 3.63) is 78.0 Å². The Hall–Kier alpha value is -2.94. The molecule has 0 aliphatic rings. The first-order chi connectivity index (χ1) is 10.8. The van der Waals surface area contributed by atoms with Crippen LogP contribution < -0.4 is 4.74 Å². The van der Waals surface area contributed by atoms with Crippen LogP contribution in [0, 0.1) is 0 Å². The molecule has 0 aliphatic carbocycles. The number of pyridine rings is 1. The SMILES string of the molecule is COc1ccc(C(=O)/C=C/c2ccnc3ccccc23)cc1. The Kier molecular flexibility index (Phi) is 3.97. The number of aromatic nitrogens is 1. The van der Waals surface area contributed by atoms with Crippen LogP contribution in [-0.2, 0) is 0 Å². The summed E-state index contributed by atoms with van der Waals surface area (Å²) in [5.41, 5.74) is 2.53. The molecule has 22 heavy (non-hydrogen) atoms. The number of carbonyl (C=O) groups is 1. The van der Waals surface area contributed by atoms with Crippen molar-refractivity contribution in [1.82, 2.24) is 4.98 Å². The molecule has 1 aromatic heterocycles. The lowest BCUT2D eigenvalue weighted by molar-refractivity contribution is 0.104. The molecule has 0 N–H and O–H groups in total. The molecule has 3 rings (SSSR count). The van der Waals surface area contributed by atoms with Crippen LogP contribution in [0.5, 0.6) is 5.75 Å². The molecule has 0 saturated heterocycles. The molecule has 0 fully saturated rings. The molecule has 0 bridgehead atoms. The van der Waals surface area contributed by atoms with Gasteiger partial charge in [-0.1, -0.05) is 24.3 Å². The third-order valence-corrected chi connectivity index (χ3v) is 3.47. The van der Waals surface area contributed by atoms with Crippen molar-refractivity contribution in [3.8, 4) is 5.75 Å². The molecular weight excluding hydrogens is 274 g/mol. The van der Waals surface area contributed by atoms with Gasteiger partial charge in [-0.3, -0.25) is 9.78 Å². The smallest absolute Gasteiger partial charge is 0.185 e. The highest BCUT2D eigenvalue weighted by Gasteiger charge is 2.03. The summed E-state index contributed by atoms with van der Waals surface area (Å²) in [7, 11) is 1.60. The van der Waals surface area contributed by atoms with Crippen LogP contribution in [-0.4, -0.2) is 17.9 Å². The van der Waals surface area contributed by atoms with E-state index in [4.69, 9.17) is 4.74 Å². The minimum atomic E-state index is -0.0384. The summed E-state index contributed by atoms with van der Waals surface area (Å²) in [5.74, 6) is 0.698. The molecule has 3 aromatic rings. The van der Waals surface area contributed by atoms with Crippen molar-refractivity contribution >= 4 is 22.8 Å². The third-order valence-electron chi connectivity index (χ3n) is 3.47. The lowest BCUT2D eigenvalue weighted by Crippen LogP contribution is -1.94. The molecule has 0 saturated carbocycles. The van der Waals surface area contributed by atoms with E-state index in [-0.39, 0.29) is 5.78 Å². The highest BCUT2D eigenvalue weighted by Crippen LogP contribution is 2.18. The second-order valence-corrected chi connectivity index (χ2v) is 4.84. The van der Waals surface area contributed by atoms with E-state index in [2.05, 4.69) is 4.98 Å². The minimum Gasteiger partial charge on any atom is -0.497 e. The van der Waals surface area contributed by atoms with Gasteiger partial charge in [-0.15, -0.1) is 0 Å². The summed E-state index contributed by atoms with van der Waals surface area (Å²) in [5, 5.41) is 1.03. The van der Waals surface area contributed by atoms with E-state index in [9.17, 15) is 4.79 Å². The summed E-state index contributed by atoms with van der Waals surface area (Å²) in [4.78, 5) is 16.5. The Balaban J connectivity index is 1.87. The number of hydrogen-bond acceptors (Lipinski definition) is 3. The molecule has 0 spiro atoms. The molecule has 1 heterocycles. The molecule has 0 unspecified atom stereocenters. The van der Waals surface area contributed by atoms with E-state index >= 15 is 0 Å². The van der Waals surface area contributed by atoms with Crippen LogP contribution in [0.4, 0.5) is 0 Å². The van der Waals surface area contributed by atoms with Gasteiger partial charge in [-0.2, -0.15) is 0 Å². The van der Waals surface area contributed by atoms with Gasteiger partial charge < -0.3 is 4.74 Å². The van der Waals surface area contributed by atoms with Crippen LogP contribution in [0.3, 0.4) is 0 Å². The lowest BCUT2D eigenvalue weighted by Gasteiger charge is -2.02. The Morgan fingerprint density at radius 2 is 1.82 bits per heavy atom. The van der Waals surface area contributed by atoms with E-state index in [0.29, 0.717) is 5.56 Å². The highest BCUT2D eigenvalue weighted by molar-refractivity contribution is 6.07. The van der Waals surface area contributed by atoms with E-state index in [0.717, 1.165) is 22.2 Å². The number of carbonyl (C=O) groups excluding carboxylic acids is 1. The summed E-state index contributed by atoms with van der Waals surface area (Å²) < 4.78 is 5.09. The maximum atomic E-state index is 12.2. The zero-order chi connectivity index (χ0) is 15.4. The van der Waals surface area contributed by atoms with Crippen LogP contribution in [0.15, 0.2) is 66.9 Å². The number of ether oxygens (including phenoxy) is 1. The first-order valence-corrected chi connectivity index (χ1v) is 6.98. The summed E-state index contributed by atoms with van der Waals surface area (Å²) in [6.45, 7) is 0. The fraction of sp³-hybridized carbons (Fsp3) is 0.0526. The van der Waals surface area contributed by atoms with E-state index in [1.54, 1.807) is 43.6 Å². The number of fused-ring (bicyclic) bond motifs is 1. The largest absolute Gasteiger partial charge is 0.497 e. The van der Waals surface area contributed by atoms with Gasteiger partial charge >= 0.3 is 0 Å². The fourth-order valence-corrected chi connectivity index (χ4v) is 2.28. The fourth-order valence-electron chi connectivity index (χ4n) is 2.28. The number of methoxy groups -OCH3 is 1. The van der Waals surface area contributed by atoms with Gasteiger partial charge in [0.05, 0.1) is 12.6 Å². The average Bonchev–Trinajstić information content (AvgIpc) is 2.59. The summed E-state index contributed by atoms with van der Waals surface area (Å²) in [6.07, 6.45) is 5.17. The number of rotatable bonds is 4. The van der Waals surface area contributed by atoms with Gasteiger partial charge in [-0.25, -0.2) is 0 Å². The molecule has 3 nitrogen and oxygen atoms in total. The van der Waals surface area contributed by atoms with Crippen LogP contribution in [0.2, 0.25) is 0 Å². The van der Waals surface area contributed by atoms with Crippen molar-refractivity contribution in [2.45, 2.75) is 0 Å². The monoisotopic (exact) mass is 289 g/mol. The Labute approximate surface area is 128 Å². The summed E-state index contributed by atoms with van der Waals surface area (Å²) >= 11 is 0. The number of benzene rings is 2. The van der Waals surface area contributed by atoms with Crippen LogP contribution in [0.25, 0.3) is 17.0 Å². The normalized spacial score (nSPS) is 11.0. The van der Waals surface area contributed by atoms with Gasteiger partial charge in [0.25, 0.3) is 0 Å². The zero-order valence-corrected chi connectivity index (χ0v) is 12.2. The molecule has 0 radical (unpaired) electrons. The second-order valence-electron chi connectivity index (χ2n) is 4.84. The van der Waals surface area contributed by atoms with Crippen molar-refractivity contribution in [2.24, 2.45) is 0 Å². The Morgan fingerprint density at radius 1 is 1.05 bits per heavy atom. The predicted octanol–water partition coefficient (Wildman–Crippen LogP) is 4.14. The maximum absolute atomic E-state index is 12.2. The van der Waals surface area contributed by atoms with Crippen molar-refractivity contribution in [3.63, 3.8) is 0 Å². The Morgan fingerprint density at radius 3 is 2.59 bits per heavy atom. The molecule has 0 amide bonds. The van der Waals surface area contributed by atoms with Gasteiger partial charge in [0.15, 0.2) is 5.78 Å². The average molecular weight is 289 g/mol. The number of hydrogen-bond donors (Lipinski definition) is 0. The molecule has 108 valence electrons. The Bertz CT molecular complexity index is 830. The minimum absolute atomic E-state index is 0.0384. The first-order valence-electron chi connectivity index (χ1n) is 6.98. The van der Waals surface area contributed by atoms with Gasteiger partial charge in [-0.05, 0) is 48.0 Å². The van der Waals surface area contributed by atoms with Crippen molar-refractivity contribution in [1.29, 1.82) is 0 Å². The molecule has 3 heteroatoms. The highest BCUT2D eigenvalue weighted by atomic mass is 16.5. The van der Waals surface area contributed by atoms with Crippen LogP contribution in [0.1, 0.15) is 15.9 Å². The number of nitrogens with zero attached hydrogens (tertiary/aromatic N) is 1. The van der Waals surface area contributed by atoms with E-state index in [1.807, 2.05) is 36.4 Å². The standard InChI is InChI=1S/C19H15NO2/c1-22-16-9-6-15(7-10-16)19(21)11-8-14-12-13-20-18-5-3-2-4-17(14)18/h2-13H,1H3/b11-8+. The molecule has 0 atom stereocenters. The first kappa shape index (κ1) is 14.0. The molecular formula is C19H15NO2. The van der Waals surface area contributed by atoms with Gasteiger partial charge in [0, 0.05) is 17.1 Å². The van der Waals surface area contributed by atoms with E-state index in [1.165, 1.54) is 0 Å². The van der Waals surface area contributed by atoms with E-state index < -0.39 is 0 Å². The zero-order valence-electron chi connectivity index (χ0n) is 12.2. The van der Waals surface area contributed by atoms with Gasteiger partial charge in [0.2, 0.25) is 0 Å². The van der Waals surface area contributed by atoms with Crippen molar-refractivity contribution < 1.29 is 9.53 Å². The summed E-state index contributed by atoms with van der Waals surface area (Å²) in [6, 6.07) is 16.9. The predicted molar refractivity (Wildman–Crippen MR) is 88.1 cm³/mol. The number of ketones is 1. The molecule has 2 aromatic carbocycles. The number of allylic oxidation sites excluding steroid dienone is 1. The van der Waals surface area contributed by atoms with Gasteiger partial charge in [0.1, 0.15) is 5.75 Å².